The second kappa shape index (κ2) is 9.52. The number of hydrogen-bond acceptors (Lipinski definition) is 4. The highest BCUT2D eigenvalue weighted by molar-refractivity contribution is 7.89. The van der Waals surface area contributed by atoms with E-state index in [1.54, 1.807) is 0 Å². The minimum absolute atomic E-state index is 0.00420. The number of carboxylic acids is 1. The smallest absolute Gasteiger partial charge is 0.326 e. The molecule has 0 aromatic heterocycles. The molecular weight excluding hydrogens is 392 g/mol. The van der Waals surface area contributed by atoms with Crippen LogP contribution in [0.1, 0.15) is 45.4 Å². The van der Waals surface area contributed by atoms with Crippen molar-refractivity contribution < 1.29 is 23.1 Å². The second-order valence-electron chi connectivity index (χ2n) is 6.66. The Kier molecular flexibility index (Phi) is 7.64. The van der Waals surface area contributed by atoms with Crippen molar-refractivity contribution in [2.75, 3.05) is 6.54 Å². The second-order valence-corrected chi connectivity index (χ2v) is 8.86. The number of carboxylic acid groups (broad SMARTS) is 1. The summed E-state index contributed by atoms with van der Waals surface area (Å²) in [6, 6.07) is 4.49. The Morgan fingerprint density at radius 3 is 2.37 bits per heavy atom. The summed E-state index contributed by atoms with van der Waals surface area (Å²) in [6.45, 7) is 1.38. The maximum absolute atomic E-state index is 12.8. The predicted molar refractivity (Wildman–Crippen MR) is 102 cm³/mol. The van der Waals surface area contributed by atoms with Crippen LogP contribution in [0.2, 0.25) is 5.02 Å². The summed E-state index contributed by atoms with van der Waals surface area (Å²) in [4.78, 5) is 25.9. The lowest BCUT2D eigenvalue weighted by atomic mass is 10.1. The summed E-state index contributed by atoms with van der Waals surface area (Å²) in [5.41, 5.74) is 0. The molecule has 150 valence electrons. The normalized spacial score (nSPS) is 16.2. The fraction of sp³-hybridized carbons (Fsp3) is 0.556. The maximum Gasteiger partial charge on any atom is 0.326 e. The largest absolute Gasteiger partial charge is 0.480 e. The summed E-state index contributed by atoms with van der Waals surface area (Å²) in [5, 5.41) is 9.98. The van der Waals surface area contributed by atoms with Crippen molar-refractivity contribution in [3.8, 4) is 0 Å². The standard InChI is InChI=1S/C18H25ClN2O5S/c1-2-5-16(18(23)24)21(14-6-3-4-7-14)17(22)12-20-27(25,26)15-10-8-13(19)9-11-15/h8-11,14,16,20H,2-7,12H2,1H3,(H,23,24). The lowest BCUT2D eigenvalue weighted by Gasteiger charge is -2.34. The Hall–Kier alpha value is -1.64. The number of halogens is 1. The van der Waals surface area contributed by atoms with Crippen LogP contribution in [0.3, 0.4) is 0 Å². The maximum atomic E-state index is 12.8. The molecule has 1 aromatic carbocycles. The average molecular weight is 417 g/mol. The molecule has 7 nitrogen and oxygen atoms in total. The van der Waals surface area contributed by atoms with Gasteiger partial charge in [-0.1, -0.05) is 37.8 Å². The highest BCUT2D eigenvalue weighted by Gasteiger charge is 2.36. The number of nitrogens with zero attached hydrogens (tertiary/aromatic N) is 1. The van der Waals surface area contributed by atoms with Crippen molar-refractivity contribution >= 4 is 33.5 Å². The molecule has 1 aromatic rings. The van der Waals surface area contributed by atoms with Gasteiger partial charge in [-0.05, 0) is 43.5 Å². The molecule has 0 spiro atoms. The minimum Gasteiger partial charge on any atom is -0.480 e. The van der Waals surface area contributed by atoms with Crippen LogP contribution in [0.25, 0.3) is 0 Å². The molecule has 1 amide bonds. The van der Waals surface area contributed by atoms with Crippen molar-refractivity contribution in [2.24, 2.45) is 0 Å². The third-order valence-electron chi connectivity index (χ3n) is 4.73. The monoisotopic (exact) mass is 416 g/mol. The zero-order chi connectivity index (χ0) is 20.0. The van der Waals surface area contributed by atoms with E-state index in [9.17, 15) is 23.1 Å². The highest BCUT2D eigenvalue weighted by Crippen LogP contribution is 2.27. The molecule has 27 heavy (non-hydrogen) atoms. The number of carbonyl (C=O) groups excluding carboxylic acids is 1. The van der Waals surface area contributed by atoms with E-state index in [1.165, 1.54) is 29.2 Å². The Balaban J connectivity index is 2.15. The van der Waals surface area contributed by atoms with Gasteiger partial charge in [0.2, 0.25) is 15.9 Å². The number of sulfonamides is 1. The molecule has 0 heterocycles. The third-order valence-corrected chi connectivity index (χ3v) is 6.40. The summed E-state index contributed by atoms with van der Waals surface area (Å²) < 4.78 is 27.0. The molecule has 2 N–H and O–H groups in total. The number of rotatable bonds is 9. The topological polar surface area (TPSA) is 104 Å². The van der Waals surface area contributed by atoms with E-state index in [0.717, 1.165) is 25.7 Å². The van der Waals surface area contributed by atoms with Gasteiger partial charge >= 0.3 is 5.97 Å². The van der Waals surface area contributed by atoms with Crippen LogP contribution in [0.15, 0.2) is 29.2 Å². The van der Waals surface area contributed by atoms with Gasteiger partial charge in [0.15, 0.2) is 0 Å². The molecule has 1 fully saturated rings. The lowest BCUT2D eigenvalue weighted by Crippen LogP contribution is -2.53. The number of carbonyl (C=O) groups is 2. The SMILES string of the molecule is CCCC(C(=O)O)N(C(=O)CNS(=O)(=O)c1ccc(Cl)cc1)C1CCCC1. The van der Waals surface area contributed by atoms with Crippen LogP contribution in [0, 0.1) is 0 Å². The number of hydrogen-bond donors (Lipinski definition) is 2. The number of benzene rings is 1. The third kappa shape index (κ3) is 5.67. The molecule has 1 saturated carbocycles. The van der Waals surface area contributed by atoms with Crippen LogP contribution in [-0.2, 0) is 19.6 Å². The van der Waals surface area contributed by atoms with E-state index in [0.29, 0.717) is 17.9 Å². The fourth-order valence-corrected chi connectivity index (χ4v) is 4.51. The fourth-order valence-electron chi connectivity index (χ4n) is 3.41. The Morgan fingerprint density at radius 1 is 1.26 bits per heavy atom. The van der Waals surface area contributed by atoms with Gasteiger partial charge < -0.3 is 10.0 Å². The average Bonchev–Trinajstić information content (AvgIpc) is 3.14. The zero-order valence-corrected chi connectivity index (χ0v) is 16.8. The Labute approximate surface area is 164 Å². The molecule has 0 bridgehead atoms. The summed E-state index contributed by atoms with van der Waals surface area (Å²) in [5.74, 6) is -1.57. The van der Waals surface area contributed by atoms with E-state index >= 15 is 0 Å². The molecule has 9 heteroatoms. The van der Waals surface area contributed by atoms with Crippen molar-refractivity contribution in [2.45, 2.75) is 62.4 Å². The van der Waals surface area contributed by atoms with Gasteiger partial charge in [0.05, 0.1) is 11.4 Å². The van der Waals surface area contributed by atoms with Gasteiger partial charge in [0.25, 0.3) is 0 Å². The number of aliphatic carboxylic acids is 1. The lowest BCUT2D eigenvalue weighted by molar-refractivity contribution is -0.152. The molecule has 1 unspecified atom stereocenters. The van der Waals surface area contributed by atoms with Gasteiger partial charge in [0.1, 0.15) is 6.04 Å². The Bertz CT molecular complexity index is 760. The first-order chi connectivity index (χ1) is 12.8. The number of nitrogens with one attached hydrogen (secondary N) is 1. The van der Waals surface area contributed by atoms with Gasteiger partial charge in [-0.3, -0.25) is 4.79 Å². The van der Waals surface area contributed by atoms with Crippen molar-refractivity contribution in [3.63, 3.8) is 0 Å². The zero-order valence-electron chi connectivity index (χ0n) is 15.2. The molecule has 0 saturated heterocycles. The summed E-state index contributed by atoms with van der Waals surface area (Å²) in [7, 11) is -3.89. The van der Waals surface area contributed by atoms with E-state index in [1.807, 2.05) is 6.92 Å². The van der Waals surface area contributed by atoms with Gasteiger partial charge in [-0.15, -0.1) is 0 Å². The summed E-state index contributed by atoms with van der Waals surface area (Å²) in [6.07, 6.45) is 4.30. The van der Waals surface area contributed by atoms with E-state index in [-0.39, 0.29) is 10.9 Å². The van der Waals surface area contributed by atoms with Crippen LogP contribution in [0.5, 0.6) is 0 Å². The molecular formula is C18H25ClN2O5S. The Morgan fingerprint density at radius 2 is 1.85 bits per heavy atom. The quantitative estimate of drug-likeness (QED) is 0.644. The highest BCUT2D eigenvalue weighted by atomic mass is 35.5. The minimum atomic E-state index is -3.89. The first-order valence-corrected chi connectivity index (χ1v) is 10.9. The van der Waals surface area contributed by atoms with Crippen molar-refractivity contribution in [3.05, 3.63) is 29.3 Å². The first kappa shape index (κ1) is 21.7. The van der Waals surface area contributed by atoms with Gasteiger partial charge in [-0.2, -0.15) is 0 Å². The van der Waals surface area contributed by atoms with Gasteiger partial charge in [0, 0.05) is 11.1 Å². The molecule has 2 rings (SSSR count). The molecule has 1 atom stereocenters. The van der Waals surface area contributed by atoms with Crippen LogP contribution in [-0.4, -0.2) is 48.9 Å². The number of amides is 1. The van der Waals surface area contributed by atoms with Crippen molar-refractivity contribution in [1.82, 2.24) is 9.62 Å². The first-order valence-electron chi connectivity index (χ1n) is 9.05. The van der Waals surface area contributed by atoms with Gasteiger partial charge in [-0.25, -0.2) is 17.9 Å². The molecule has 0 aliphatic heterocycles. The summed E-state index contributed by atoms with van der Waals surface area (Å²) >= 11 is 5.77. The molecule has 0 radical (unpaired) electrons. The van der Waals surface area contributed by atoms with Crippen LogP contribution < -0.4 is 4.72 Å². The van der Waals surface area contributed by atoms with Crippen LogP contribution in [0.4, 0.5) is 0 Å². The van der Waals surface area contributed by atoms with E-state index in [2.05, 4.69) is 4.72 Å². The predicted octanol–water partition coefficient (Wildman–Crippen LogP) is 2.64. The van der Waals surface area contributed by atoms with E-state index < -0.39 is 34.5 Å². The molecule has 1 aliphatic carbocycles. The molecule has 1 aliphatic rings. The van der Waals surface area contributed by atoms with Crippen molar-refractivity contribution in [1.29, 1.82) is 0 Å². The van der Waals surface area contributed by atoms with Crippen LogP contribution >= 0.6 is 11.6 Å². The van der Waals surface area contributed by atoms with E-state index in [4.69, 9.17) is 11.6 Å².